The van der Waals surface area contributed by atoms with E-state index in [0.29, 0.717) is 23.0 Å². The molecule has 230 valence electrons. The second kappa shape index (κ2) is 11.3. The van der Waals surface area contributed by atoms with E-state index in [0.717, 1.165) is 33.4 Å². The first-order chi connectivity index (χ1) is 22.5. The Morgan fingerprint density at radius 1 is 0.532 bits per heavy atom. The summed E-state index contributed by atoms with van der Waals surface area (Å²) < 4.78 is 2.27. The number of fused-ring (bicyclic) bond motifs is 3. The molecule has 2 aromatic heterocycles. The van der Waals surface area contributed by atoms with Crippen LogP contribution in [0.2, 0.25) is 0 Å². The molecule has 0 aliphatic carbocycles. The van der Waals surface area contributed by atoms with E-state index in [1.165, 1.54) is 21.9 Å². The maximum absolute atomic E-state index is 10.1. The van der Waals surface area contributed by atoms with Gasteiger partial charge in [-0.3, -0.25) is 0 Å². The average Bonchev–Trinajstić information content (AvgIpc) is 3.41. The van der Waals surface area contributed by atoms with E-state index in [2.05, 4.69) is 88.6 Å². The fourth-order valence-corrected chi connectivity index (χ4v) is 6.12. The Hall–Kier alpha value is -5.60. The first-order valence-electron chi connectivity index (χ1n) is 16.0. The van der Waals surface area contributed by atoms with Crippen LogP contribution in [0.1, 0.15) is 58.2 Å². The van der Waals surface area contributed by atoms with Crippen molar-refractivity contribution in [2.45, 2.75) is 52.4 Å². The van der Waals surface area contributed by atoms with E-state index >= 15 is 0 Å². The minimum atomic E-state index is -0.0112. The zero-order valence-electron chi connectivity index (χ0n) is 27.7. The molecule has 0 N–H and O–H groups in total. The Morgan fingerprint density at radius 2 is 1.00 bits per heavy atom. The van der Waals surface area contributed by atoms with Crippen LogP contribution < -0.4 is 0 Å². The first kappa shape index (κ1) is 30.1. The molecular formula is C42H37N5. The Balaban J connectivity index is 1.56. The smallest absolute Gasteiger partial charge is 0.166 e. The van der Waals surface area contributed by atoms with Crippen LogP contribution in [0.4, 0.5) is 0 Å². The van der Waals surface area contributed by atoms with Crippen molar-refractivity contribution in [2.24, 2.45) is 0 Å². The second-order valence-corrected chi connectivity index (χ2v) is 14.2. The van der Waals surface area contributed by atoms with E-state index in [9.17, 15) is 5.26 Å². The summed E-state index contributed by atoms with van der Waals surface area (Å²) in [6.07, 6.45) is 0. The van der Waals surface area contributed by atoms with Gasteiger partial charge in [-0.25, -0.2) is 15.0 Å². The maximum Gasteiger partial charge on any atom is 0.166 e. The van der Waals surface area contributed by atoms with Crippen LogP contribution in [0.5, 0.6) is 0 Å². The lowest BCUT2D eigenvalue weighted by Gasteiger charge is -2.19. The monoisotopic (exact) mass is 611 g/mol. The molecule has 5 heteroatoms. The van der Waals surface area contributed by atoms with Crippen molar-refractivity contribution in [3.8, 4) is 45.9 Å². The molecule has 0 saturated heterocycles. The summed E-state index contributed by atoms with van der Waals surface area (Å²) in [6, 6.07) is 41.7. The highest BCUT2D eigenvalue weighted by molar-refractivity contribution is 6.10. The van der Waals surface area contributed by atoms with Gasteiger partial charge in [0.05, 0.1) is 28.4 Å². The fraction of sp³-hybridized carbons (Fsp3) is 0.190. The van der Waals surface area contributed by atoms with E-state index in [-0.39, 0.29) is 10.8 Å². The highest BCUT2D eigenvalue weighted by Gasteiger charge is 2.23. The van der Waals surface area contributed by atoms with Crippen molar-refractivity contribution in [3.63, 3.8) is 0 Å². The van der Waals surface area contributed by atoms with Crippen LogP contribution in [0.3, 0.4) is 0 Å². The first-order valence-corrected chi connectivity index (χ1v) is 16.0. The summed E-state index contributed by atoms with van der Waals surface area (Å²) >= 11 is 0. The molecule has 0 amide bonds. The summed E-state index contributed by atoms with van der Waals surface area (Å²) in [6.45, 7) is 13.5. The minimum absolute atomic E-state index is 0.0112. The van der Waals surface area contributed by atoms with Crippen molar-refractivity contribution in [3.05, 3.63) is 132 Å². The molecule has 0 radical (unpaired) electrons. The summed E-state index contributed by atoms with van der Waals surface area (Å²) in [5, 5.41) is 12.4. The van der Waals surface area contributed by atoms with Crippen LogP contribution in [-0.4, -0.2) is 19.5 Å². The van der Waals surface area contributed by atoms with Gasteiger partial charge in [0.2, 0.25) is 0 Å². The third-order valence-corrected chi connectivity index (χ3v) is 8.81. The van der Waals surface area contributed by atoms with Gasteiger partial charge >= 0.3 is 0 Å². The molecule has 0 unspecified atom stereocenters. The molecule has 0 aliphatic heterocycles. The van der Waals surface area contributed by atoms with Gasteiger partial charge < -0.3 is 4.57 Å². The van der Waals surface area contributed by atoms with Crippen molar-refractivity contribution in [2.75, 3.05) is 0 Å². The molecule has 0 aliphatic rings. The van der Waals surface area contributed by atoms with Crippen molar-refractivity contribution in [1.29, 1.82) is 5.26 Å². The SMILES string of the molecule is CC(C)(C)c1ccc2c(c1)c1cc(C(C)(C)C)ccc1n2-c1cc(C#N)ccc1-c1nc(-c2ccccc2)nc(-c2ccccc2)n1. The van der Waals surface area contributed by atoms with Crippen LogP contribution in [0, 0.1) is 11.3 Å². The number of nitriles is 1. The quantitative estimate of drug-likeness (QED) is 0.199. The van der Waals surface area contributed by atoms with E-state index < -0.39 is 0 Å². The highest BCUT2D eigenvalue weighted by atomic mass is 15.1. The lowest BCUT2D eigenvalue weighted by atomic mass is 9.85. The maximum atomic E-state index is 10.1. The molecule has 0 atom stereocenters. The van der Waals surface area contributed by atoms with Gasteiger partial charge in [-0.05, 0) is 64.4 Å². The number of rotatable bonds is 4. The summed E-state index contributed by atoms with van der Waals surface area (Å²) in [5.41, 5.74) is 8.70. The largest absolute Gasteiger partial charge is 0.308 e. The highest BCUT2D eigenvalue weighted by Crippen LogP contribution is 2.40. The topological polar surface area (TPSA) is 67.4 Å². The molecule has 0 saturated carbocycles. The van der Waals surface area contributed by atoms with E-state index in [1.807, 2.05) is 78.9 Å². The number of benzene rings is 5. The van der Waals surface area contributed by atoms with Gasteiger partial charge in [0.15, 0.2) is 17.5 Å². The minimum Gasteiger partial charge on any atom is -0.308 e. The lowest BCUT2D eigenvalue weighted by molar-refractivity contribution is 0.590. The molecular weight excluding hydrogens is 574 g/mol. The van der Waals surface area contributed by atoms with E-state index in [1.54, 1.807) is 0 Å². The van der Waals surface area contributed by atoms with Crippen LogP contribution >= 0.6 is 0 Å². The zero-order valence-corrected chi connectivity index (χ0v) is 27.7. The zero-order chi connectivity index (χ0) is 32.9. The second-order valence-electron chi connectivity index (χ2n) is 14.2. The molecule has 5 aromatic carbocycles. The van der Waals surface area contributed by atoms with Gasteiger partial charge in [-0.1, -0.05) is 114 Å². The van der Waals surface area contributed by atoms with Gasteiger partial charge in [0, 0.05) is 27.5 Å². The average molecular weight is 612 g/mol. The summed E-state index contributed by atoms with van der Waals surface area (Å²) in [7, 11) is 0. The van der Waals surface area contributed by atoms with Gasteiger partial charge in [0.25, 0.3) is 0 Å². The third kappa shape index (κ3) is 5.57. The predicted molar refractivity (Wildman–Crippen MR) is 193 cm³/mol. The third-order valence-electron chi connectivity index (χ3n) is 8.81. The lowest BCUT2D eigenvalue weighted by Crippen LogP contribution is -2.10. The van der Waals surface area contributed by atoms with Crippen molar-refractivity contribution >= 4 is 21.8 Å². The Morgan fingerprint density at radius 3 is 1.45 bits per heavy atom. The number of hydrogen-bond donors (Lipinski definition) is 0. The number of nitrogens with zero attached hydrogens (tertiary/aromatic N) is 5. The normalized spacial score (nSPS) is 12.0. The fourth-order valence-electron chi connectivity index (χ4n) is 6.12. The molecule has 7 aromatic rings. The summed E-state index contributed by atoms with van der Waals surface area (Å²) in [4.78, 5) is 15.0. The van der Waals surface area contributed by atoms with Gasteiger partial charge in [-0.2, -0.15) is 5.26 Å². The van der Waals surface area contributed by atoms with Crippen LogP contribution in [0.25, 0.3) is 61.7 Å². The molecule has 7 rings (SSSR count). The molecule has 2 heterocycles. The van der Waals surface area contributed by atoms with Crippen molar-refractivity contribution in [1.82, 2.24) is 19.5 Å². The predicted octanol–water partition coefficient (Wildman–Crippen LogP) is 10.4. The molecule has 0 spiro atoms. The summed E-state index contributed by atoms with van der Waals surface area (Å²) in [5.74, 6) is 1.73. The van der Waals surface area contributed by atoms with E-state index in [4.69, 9.17) is 15.0 Å². The van der Waals surface area contributed by atoms with Gasteiger partial charge in [0.1, 0.15) is 0 Å². The molecule has 5 nitrogen and oxygen atoms in total. The Labute approximate surface area is 276 Å². The molecule has 0 bridgehead atoms. The van der Waals surface area contributed by atoms with Crippen LogP contribution in [-0.2, 0) is 10.8 Å². The molecule has 47 heavy (non-hydrogen) atoms. The number of hydrogen-bond acceptors (Lipinski definition) is 4. The Bertz CT molecular complexity index is 2180. The molecule has 0 fully saturated rings. The van der Waals surface area contributed by atoms with Gasteiger partial charge in [-0.15, -0.1) is 0 Å². The number of aromatic nitrogens is 4. The van der Waals surface area contributed by atoms with Crippen molar-refractivity contribution < 1.29 is 0 Å². The Kier molecular flexibility index (Phi) is 7.25. The van der Waals surface area contributed by atoms with Crippen LogP contribution in [0.15, 0.2) is 115 Å². The standard InChI is InChI=1S/C42H37N5/c1-41(2,3)30-18-21-35-33(24-30)34-25-31(42(4,5)6)19-22-36(34)47(35)37-23-27(26-43)17-20-32(37)40-45-38(28-13-9-7-10-14-28)44-39(46-40)29-15-11-8-12-16-29/h7-25H,1-6H3.